The first-order valence-electron chi connectivity index (χ1n) is 9.70. The van der Waals surface area contributed by atoms with E-state index in [-0.39, 0.29) is 0 Å². The molecule has 0 saturated carbocycles. The number of nitrogens with zero attached hydrogens (tertiary/aromatic N) is 1. The number of ether oxygens (including phenoxy) is 1. The van der Waals surface area contributed by atoms with E-state index in [9.17, 15) is 29.9 Å². The molecule has 6 atom stereocenters. The normalized spacial score (nSPS) is 27.4. The van der Waals surface area contributed by atoms with Crippen LogP contribution in [0, 0.1) is 11.3 Å². The lowest BCUT2D eigenvalue weighted by molar-refractivity contribution is -0.231. The van der Waals surface area contributed by atoms with Crippen LogP contribution in [-0.4, -0.2) is 61.4 Å². The van der Waals surface area contributed by atoms with E-state index in [1.165, 1.54) is 0 Å². The maximum absolute atomic E-state index is 11.9. The molecule has 3 rings (SSSR count). The van der Waals surface area contributed by atoms with Gasteiger partial charge in [0.2, 0.25) is 0 Å². The van der Waals surface area contributed by atoms with Gasteiger partial charge in [-0.25, -0.2) is 0 Å². The maximum atomic E-state index is 11.9. The third-order valence-corrected chi connectivity index (χ3v) is 6.64. The average Bonchev–Trinajstić information content (AvgIpc) is 2.77. The van der Waals surface area contributed by atoms with Gasteiger partial charge in [0.15, 0.2) is 0 Å². The molecule has 0 amide bonds. The van der Waals surface area contributed by atoms with Gasteiger partial charge in [0.1, 0.15) is 30.5 Å². The van der Waals surface area contributed by atoms with Crippen LogP contribution < -0.4 is 0 Å². The highest BCUT2D eigenvalue weighted by Crippen LogP contribution is 2.33. The topological polar surface area (TPSA) is 131 Å². The summed E-state index contributed by atoms with van der Waals surface area (Å²) in [5, 5.41) is 49.3. The van der Waals surface area contributed by atoms with Gasteiger partial charge in [0.05, 0.1) is 29.0 Å². The SMILES string of the molecule is CCS(=O)c1ccc(Cc2cc([C@@H]3O[C@H](CO)[C@@H](O)[C@H](O)[C@H]3O)ccc2C#N)cc1. The summed E-state index contributed by atoms with van der Waals surface area (Å²) in [7, 11) is -1.03. The van der Waals surface area contributed by atoms with E-state index in [1.54, 1.807) is 18.2 Å². The van der Waals surface area contributed by atoms with Crippen molar-refractivity contribution in [2.45, 2.75) is 48.8 Å². The number of nitriles is 1. The first kappa shape index (κ1) is 22.6. The zero-order valence-corrected chi connectivity index (χ0v) is 17.3. The van der Waals surface area contributed by atoms with Gasteiger partial charge < -0.3 is 25.2 Å². The average molecular weight is 432 g/mol. The smallest absolute Gasteiger partial charge is 0.113 e. The fourth-order valence-electron chi connectivity index (χ4n) is 3.57. The van der Waals surface area contributed by atoms with E-state index < -0.39 is 47.9 Å². The molecule has 1 saturated heterocycles. The predicted octanol–water partition coefficient (Wildman–Crippen LogP) is 0.791. The minimum atomic E-state index is -1.47. The standard InChI is InChI=1S/C22H25NO6S/c1-2-30(28)17-7-3-13(4-8-17)9-16-10-14(5-6-15(16)11-23)22-21(27)20(26)19(25)18(12-24)29-22/h3-8,10,18-22,24-27H,2,9,12H2,1H3/t18-,19-,20+,21-,22+,30?/m1/s1. The van der Waals surface area contributed by atoms with Crippen molar-refractivity contribution in [3.05, 3.63) is 64.7 Å². The fourth-order valence-corrected chi connectivity index (χ4v) is 4.34. The van der Waals surface area contributed by atoms with Crippen LogP contribution in [0.4, 0.5) is 0 Å². The van der Waals surface area contributed by atoms with Gasteiger partial charge in [-0.3, -0.25) is 4.21 Å². The number of hydrogen-bond donors (Lipinski definition) is 4. The summed E-state index contributed by atoms with van der Waals surface area (Å²) in [6, 6.07) is 14.5. The Kier molecular flexibility index (Phi) is 7.36. The van der Waals surface area contributed by atoms with Crippen molar-refractivity contribution in [2.24, 2.45) is 0 Å². The Morgan fingerprint density at radius 1 is 1.07 bits per heavy atom. The minimum absolute atomic E-state index is 0.438. The molecule has 30 heavy (non-hydrogen) atoms. The van der Waals surface area contributed by atoms with Gasteiger partial charge in [0, 0.05) is 10.6 Å². The highest BCUT2D eigenvalue weighted by molar-refractivity contribution is 7.85. The van der Waals surface area contributed by atoms with Gasteiger partial charge in [-0.15, -0.1) is 0 Å². The van der Waals surface area contributed by atoms with Crippen LogP contribution in [0.25, 0.3) is 0 Å². The molecule has 1 heterocycles. The molecule has 0 spiro atoms. The third-order valence-electron chi connectivity index (χ3n) is 5.31. The zero-order valence-electron chi connectivity index (χ0n) is 16.5. The van der Waals surface area contributed by atoms with Crippen LogP contribution in [0.1, 0.15) is 35.3 Å². The van der Waals surface area contributed by atoms with Crippen LogP contribution in [0.5, 0.6) is 0 Å². The van der Waals surface area contributed by atoms with E-state index in [1.807, 2.05) is 31.2 Å². The van der Waals surface area contributed by atoms with Crippen molar-refractivity contribution in [3.63, 3.8) is 0 Å². The number of aliphatic hydroxyl groups excluding tert-OH is 4. The van der Waals surface area contributed by atoms with Gasteiger partial charge >= 0.3 is 0 Å². The third kappa shape index (κ3) is 4.62. The van der Waals surface area contributed by atoms with Crippen LogP contribution in [0.3, 0.4) is 0 Å². The van der Waals surface area contributed by atoms with Gasteiger partial charge in [-0.2, -0.15) is 5.26 Å². The Bertz CT molecular complexity index is 940. The number of aliphatic hydroxyl groups is 4. The van der Waals surface area contributed by atoms with Gasteiger partial charge in [-0.1, -0.05) is 31.2 Å². The Morgan fingerprint density at radius 2 is 1.77 bits per heavy atom. The van der Waals surface area contributed by atoms with Crippen molar-refractivity contribution in [3.8, 4) is 6.07 Å². The molecule has 1 aliphatic heterocycles. The molecule has 0 aromatic heterocycles. The Labute approximate surface area is 177 Å². The maximum Gasteiger partial charge on any atom is 0.113 e. The van der Waals surface area contributed by atoms with Gasteiger partial charge in [0.25, 0.3) is 0 Å². The molecule has 0 aliphatic carbocycles. The van der Waals surface area contributed by atoms with E-state index in [0.717, 1.165) is 10.5 Å². The molecule has 1 fully saturated rings. The molecular weight excluding hydrogens is 406 g/mol. The summed E-state index contributed by atoms with van der Waals surface area (Å²) in [5.41, 5.74) is 2.62. The molecular formula is C22H25NO6S. The highest BCUT2D eigenvalue weighted by Gasteiger charge is 2.44. The second-order valence-corrected chi connectivity index (χ2v) is 8.97. The molecule has 2 aromatic rings. The second-order valence-electron chi connectivity index (χ2n) is 7.23. The largest absolute Gasteiger partial charge is 0.394 e. The first-order chi connectivity index (χ1) is 14.4. The zero-order chi connectivity index (χ0) is 21.8. The number of benzene rings is 2. The molecule has 0 bridgehead atoms. The Hall–Kier alpha value is -2.12. The fraction of sp³-hybridized carbons (Fsp3) is 0.409. The van der Waals surface area contributed by atoms with Crippen molar-refractivity contribution in [1.82, 2.24) is 0 Å². The molecule has 8 heteroatoms. The molecule has 4 N–H and O–H groups in total. The summed E-state index contributed by atoms with van der Waals surface area (Å²) in [5.74, 6) is 0.541. The second kappa shape index (κ2) is 9.79. The highest BCUT2D eigenvalue weighted by atomic mass is 32.2. The lowest BCUT2D eigenvalue weighted by Crippen LogP contribution is -2.55. The monoisotopic (exact) mass is 431 g/mol. The quantitative estimate of drug-likeness (QED) is 0.532. The summed E-state index contributed by atoms with van der Waals surface area (Å²) in [6.45, 7) is 1.35. The summed E-state index contributed by atoms with van der Waals surface area (Å²) in [6.07, 6.45) is -5.79. The van der Waals surface area contributed by atoms with Gasteiger partial charge in [-0.05, 0) is 41.3 Å². The summed E-state index contributed by atoms with van der Waals surface area (Å²) >= 11 is 0. The molecule has 160 valence electrons. The molecule has 0 radical (unpaired) electrons. The Morgan fingerprint density at radius 3 is 2.37 bits per heavy atom. The van der Waals surface area contributed by atoms with Crippen LogP contribution in [-0.2, 0) is 22.0 Å². The van der Waals surface area contributed by atoms with Crippen LogP contribution in [0.2, 0.25) is 0 Å². The summed E-state index contributed by atoms with van der Waals surface area (Å²) in [4.78, 5) is 0.747. The van der Waals surface area contributed by atoms with E-state index in [0.29, 0.717) is 28.9 Å². The van der Waals surface area contributed by atoms with Crippen molar-refractivity contribution in [1.29, 1.82) is 5.26 Å². The van der Waals surface area contributed by atoms with Crippen molar-refractivity contribution < 1.29 is 29.4 Å². The number of rotatable bonds is 6. The first-order valence-corrected chi connectivity index (χ1v) is 11.0. The molecule has 1 unspecified atom stereocenters. The van der Waals surface area contributed by atoms with E-state index >= 15 is 0 Å². The predicted molar refractivity (Wildman–Crippen MR) is 110 cm³/mol. The van der Waals surface area contributed by atoms with Crippen LogP contribution in [0.15, 0.2) is 47.4 Å². The van der Waals surface area contributed by atoms with E-state index in [4.69, 9.17) is 4.74 Å². The van der Waals surface area contributed by atoms with E-state index in [2.05, 4.69) is 6.07 Å². The Balaban J connectivity index is 1.88. The van der Waals surface area contributed by atoms with Crippen molar-refractivity contribution in [2.75, 3.05) is 12.4 Å². The number of hydrogen-bond acceptors (Lipinski definition) is 7. The van der Waals surface area contributed by atoms with Crippen molar-refractivity contribution >= 4 is 10.8 Å². The summed E-state index contributed by atoms with van der Waals surface area (Å²) < 4.78 is 17.5. The molecule has 2 aromatic carbocycles. The lowest BCUT2D eigenvalue weighted by Gasteiger charge is -2.40. The molecule has 1 aliphatic rings. The lowest BCUT2D eigenvalue weighted by atomic mass is 9.89. The van der Waals surface area contributed by atoms with Crippen LogP contribution >= 0.6 is 0 Å². The molecule has 7 nitrogen and oxygen atoms in total. The minimum Gasteiger partial charge on any atom is -0.394 e.